The summed E-state index contributed by atoms with van der Waals surface area (Å²) in [6, 6.07) is 6.81. The maximum atomic E-state index is 12.6. The van der Waals surface area contributed by atoms with Crippen LogP contribution in [0.1, 0.15) is 6.92 Å². The Kier molecular flexibility index (Phi) is 7.21. The Labute approximate surface area is 170 Å². The smallest absolute Gasteiger partial charge is 0.269 e. The molecule has 2 rings (SSSR count). The number of nitrogens with zero attached hydrogens (tertiary/aromatic N) is 3. The SMILES string of the molecule is COc1ccc(OC)c(NC(=O)C(N=Nc2ccc([N+](=O)[O-])cc2)C(C)=O)c1Cl. The first-order valence-corrected chi connectivity index (χ1v) is 8.53. The molecule has 10 nitrogen and oxygen atoms in total. The number of anilines is 1. The van der Waals surface area contributed by atoms with Crippen molar-refractivity contribution in [3.8, 4) is 11.5 Å². The third-order valence-corrected chi connectivity index (χ3v) is 4.11. The maximum absolute atomic E-state index is 12.6. The van der Waals surface area contributed by atoms with Crippen LogP contribution in [0.15, 0.2) is 46.6 Å². The molecular formula is C18H17ClN4O6. The summed E-state index contributed by atoms with van der Waals surface area (Å²) >= 11 is 6.22. The molecule has 29 heavy (non-hydrogen) atoms. The van der Waals surface area contributed by atoms with Gasteiger partial charge in [0.2, 0.25) is 6.04 Å². The molecule has 1 atom stereocenters. The molecule has 2 aromatic rings. The van der Waals surface area contributed by atoms with Gasteiger partial charge in [-0.15, -0.1) is 0 Å². The fourth-order valence-corrected chi connectivity index (χ4v) is 2.54. The lowest BCUT2D eigenvalue weighted by Gasteiger charge is -2.15. The molecule has 2 aromatic carbocycles. The molecule has 0 aliphatic heterocycles. The number of carbonyl (C=O) groups is 2. The first-order valence-electron chi connectivity index (χ1n) is 8.15. The Hall–Kier alpha value is -3.53. The van der Waals surface area contributed by atoms with Gasteiger partial charge in [-0.25, -0.2) is 0 Å². The highest BCUT2D eigenvalue weighted by Crippen LogP contribution is 2.39. The largest absolute Gasteiger partial charge is 0.495 e. The lowest BCUT2D eigenvalue weighted by molar-refractivity contribution is -0.384. The van der Waals surface area contributed by atoms with Crippen molar-refractivity contribution in [2.75, 3.05) is 19.5 Å². The van der Waals surface area contributed by atoms with Gasteiger partial charge in [0.15, 0.2) is 5.78 Å². The number of methoxy groups -OCH3 is 2. The van der Waals surface area contributed by atoms with Crippen molar-refractivity contribution in [2.24, 2.45) is 10.2 Å². The summed E-state index contributed by atoms with van der Waals surface area (Å²) in [6.45, 7) is 1.18. The molecule has 0 fully saturated rings. The maximum Gasteiger partial charge on any atom is 0.269 e. The lowest BCUT2D eigenvalue weighted by atomic mass is 10.2. The number of hydrogen-bond donors (Lipinski definition) is 1. The molecule has 0 heterocycles. The highest BCUT2D eigenvalue weighted by molar-refractivity contribution is 6.35. The fraction of sp³-hybridized carbons (Fsp3) is 0.222. The third kappa shape index (κ3) is 5.26. The van der Waals surface area contributed by atoms with Crippen molar-refractivity contribution >= 4 is 40.4 Å². The summed E-state index contributed by atoms with van der Waals surface area (Å²) in [5, 5.41) is 20.9. The fourth-order valence-electron chi connectivity index (χ4n) is 2.26. The number of carbonyl (C=O) groups excluding carboxylic acids is 2. The van der Waals surface area contributed by atoms with E-state index in [1.165, 1.54) is 45.4 Å². The number of nitro groups is 1. The Morgan fingerprint density at radius 3 is 2.21 bits per heavy atom. The summed E-state index contributed by atoms with van der Waals surface area (Å²) in [7, 11) is 2.81. The molecule has 0 aliphatic carbocycles. The highest BCUT2D eigenvalue weighted by Gasteiger charge is 2.26. The summed E-state index contributed by atoms with van der Waals surface area (Å²) in [6.07, 6.45) is 0. The van der Waals surface area contributed by atoms with Gasteiger partial charge in [0, 0.05) is 12.1 Å². The predicted molar refractivity (Wildman–Crippen MR) is 105 cm³/mol. The first kappa shape index (κ1) is 21.8. The quantitative estimate of drug-likeness (QED) is 0.297. The van der Waals surface area contributed by atoms with Gasteiger partial charge in [-0.1, -0.05) is 11.6 Å². The number of rotatable bonds is 8. The minimum absolute atomic E-state index is 0.0924. The number of ketones is 1. The van der Waals surface area contributed by atoms with Crippen molar-refractivity contribution in [1.82, 2.24) is 0 Å². The van der Waals surface area contributed by atoms with Crippen molar-refractivity contribution in [1.29, 1.82) is 0 Å². The number of benzene rings is 2. The normalized spacial score (nSPS) is 11.7. The van der Waals surface area contributed by atoms with Gasteiger partial charge in [-0.2, -0.15) is 10.2 Å². The van der Waals surface area contributed by atoms with Crippen LogP contribution in [-0.2, 0) is 9.59 Å². The minimum atomic E-state index is -1.46. The number of ether oxygens (including phenoxy) is 2. The van der Waals surface area contributed by atoms with Crippen molar-refractivity contribution in [3.05, 3.63) is 51.5 Å². The molecule has 11 heteroatoms. The molecule has 152 valence electrons. The average Bonchev–Trinajstić information content (AvgIpc) is 2.69. The molecule has 1 unspecified atom stereocenters. The summed E-state index contributed by atoms with van der Waals surface area (Å²) < 4.78 is 10.3. The van der Waals surface area contributed by atoms with Crippen LogP contribution in [0.3, 0.4) is 0 Å². The van der Waals surface area contributed by atoms with Gasteiger partial charge in [0.05, 0.1) is 24.8 Å². The second-order valence-corrected chi connectivity index (χ2v) is 6.03. The van der Waals surface area contributed by atoms with Gasteiger partial charge >= 0.3 is 0 Å². The number of amides is 1. The Morgan fingerprint density at radius 2 is 1.69 bits per heavy atom. The number of nitrogens with one attached hydrogen (secondary N) is 1. The molecule has 0 spiro atoms. The van der Waals surface area contributed by atoms with Gasteiger partial charge in [0.25, 0.3) is 11.6 Å². The molecule has 0 radical (unpaired) electrons. The van der Waals surface area contributed by atoms with Crippen LogP contribution in [0.2, 0.25) is 5.02 Å². The molecule has 1 N–H and O–H groups in total. The van der Waals surface area contributed by atoms with E-state index in [1.54, 1.807) is 12.1 Å². The topological polar surface area (TPSA) is 132 Å². The van der Waals surface area contributed by atoms with Crippen LogP contribution >= 0.6 is 11.6 Å². The van der Waals surface area contributed by atoms with Crippen molar-refractivity contribution in [3.63, 3.8) is 0 Å². The van der Waals surface area contributed by atoms with E-state index in [0.29, 0.717) is 5.75 Å². The zero-order valence-corrected chi connectivity index (χ0v) is 16.5. The second kappa shape index (κ2) is 9.60. The minimum Gasteiger partial charge on any atom is -0.495 e. The Bertz CT molecular complexity index is 962. The molecule has 0 aliphatic rings. The lowest BCUT2D eigenvalue weighted by Crippen LogP contribution is -2.32. The van der Waals surface area contributed by atoms with E-state index in [-0.39, 0.29) is 27.8 Å². The summed E-state index contributed by atoms with van der Waals surface area (Å²) in [4.78, 5) is 34.6. The van der Waals surface area contributed by atoms with Crippen LogP contribution in [0.4, 0.5) is 17.1 Å². The number of azo groups is 1. The average molecular weight is 421 g/mol. The second-order valence-electron chi connectivity index (χ2n) is 5.65. The summed E-state index contributed by atoms with van der Waals surface area (Å²) in [5.41, 5.74) is 0.242. The van der Waals surface area contributed by atoms with Gasteiger partial charge in [-0.05, 0) is 31.2 Å². The molecule has 0 saturated carbocycles. The van der Waals surface area contributed by atoms with E-state index in [4.69, 9.17) is 21.1 Å². The zero-order valence-electron chi connectivity index (χ0n) is 15.7. The molecule has 0 bridgehead atoms. The van der Waals surface area contributed by atoms with Crippen LogP contribution in [0, 0.1) is 10.1 Å². The van der Waals surface area contributed by atoms with Crippen LogP contribution in [-0.4, -0.2) is 36.9 Å². The Morgan fingerprint density at radius 1 is 1.10 bits per heavy atom. The molecule has 0 aromatic heterocycles. The number of Topliss-reactive ketones (excluding diaryl/α,β-unsaturated/α-hetero) is 1. The molecule has 0 saturated heterocycles. The number of hydrogen-bond acceptors (Lipinski definition) is 8. The van der Waals surface area contributed by atoms with E-state index in [1.807, 2.05) is 0 Å². The molecular weight excluding hydrogens is 404 g/mol. The predicted octanol–water partition coefficient (Wildman–Crippen LogP) is 3.95. The molecule has 1 amide bonds. The first-order chi connectivity index (χ1) is 13.8. The van der Waals surface area contributed by atoms with E-state index >= 15 is 0 Å². The van der Waals surface area contributed by atoms with Crippen molar-refractivity contribution in [2.45, 2.75) is 13.0 Å². The van der Waals surface area contributed by atoms with Crippen LogP contribution < -0.4 is 14.8 Å². The third-order valence-electron chi connectivity index (χ3n) is 3.74. The number of non-ortho nitro benzene ring substituents is 1. The summed E-state index contributed by atoms with van der Waals surface area (Å²) in [5.74, 6) is -0.781. The number of halogens is 1. The monoisotopic (exact) mass is 420 g/mol. The van der Waals surface area contributed by atoms with E-state index in [2.05, 4.69) is 15.5 Å². The van der Waals surface area contributed by atoms with Gasteiger partial charge in [-0.3, -0.25) is 19.7 Å². The van der Waals surface area contributed by atoms with E-state index < -0.39 is 22.7 Å². The Balaban J connectivity index is 2.26. The van der Waals surface area contributed by atoms with Crippen LogP contribution in [0.25, 0.3) is 0 Å². The standard InChI is InChI=1S/C18H17ClN4O6/c1-10(24)16(22-21-11-4-6-12(7-5-11)23(26)27)18(25)20-17-14(29-3)9-8-13(28-2)15(17)19/h4-9,16H,1-3H3,(H,20,25). The van der Waals surface area contributed by atoms with Gasteiger partial charge < -0.3 is 14.8 Å². The zero-order chi connectivity index (χ0) is 21.6. The van der Waals surface area contributed by atoms with Gasteiger partial charge in [0.1, 0.15) is 22.2 Å². The number of nitro benzene ring substituents is 1. The van der Waals surface area contributed by atoms with E-state index in [0.717, 1.165) is 0 Å². The van der Waals surface area contributed by atoms with Crippen LogP contribution in [0.5, 0.6) is 11.5 Å². The van der Waals surface area contributed by atoms with E-state index in [9.17, 15) is 19.7 Å². The van der Waals surface area contributed by atoms with Crippen molar-refractivity contribution < 1.29 is 24.0 Å². The highest BCUT2D eigenvalue weighted by atomic mass is 35.5.